The van der Waals surface area contributed by atoms with E-state index in [0.29, 0.717) is 44.2 Å². The summed E-state index contributed by atoms with van der Waals surface area (Å²) in [5, 5.41) is 0. The molecule has 2 N–H and O–H groups in total. The maximum absolute atomic E-state index is 12.7. The van der Waals surface area contributed by atoms with Gasteiger partial charge in [0.25, 0.3) is 0 Å². The first-order chi connectivity index (χ1) is 11.8. The molecule has 1 heterocycles. The fourth-order valence-electron chi connectivity index (χ4n) is 2.69. The molecule has 140 valence electrons. The number of nitrogens with zero attached hydrogens (tertiary/aromatic N) is 3. The second kappa shape index (κ2) is 8.27. The minimum atomic E-state index is -3.47. The van der Waals surface area contributed by atoms with Crippen molar-refractivity contribution in [1.82, 2.24) is 14.1 Å². The standard InChI is InChI=1S/C17H28N4O3S/c1-14-4-6-16(7-5-14)25(23,24)21-10-8-20(9-11-21)13-17(22)19(3)15(2)12-18/h4-7,15H,8-13,18H2,1-3H3. The molecule has 1 unspecified atom stereocenters. The van der Waals surface area contributed by atoms with Crippen LogP contribution in [0.3, 0.4) is 0 Å². The molecule has 8 heteroatoms. The molecular weight excluding hydrogens is 340 g/mol. The molecule has 2 rings (SSSR count). The van der Waals surface area contributed by atoms with Crippen molar-refractivity contribution in [1.29, 1.82) is 0 Å². The molecule has 1 fully saturated rings. The Bertz CT molecular complexity index is 682. The van der Waals surface area contributed by atoms with Crippen molar-refractivity contribution in [3.8, 4) is 0 Å². The number of benzene rings is 1. The molecule has 1 amide bonds. The highest BCUT2D eigenvalue weighted by Gasteiger charge is 2.29. The van der Waals surface area contributed by atoms with E-state index < -0.39 is 10.0 Å². The molecule has 0 radical (unpaired) electrons. The Morgan fingerprint density at radius 2 is 1.76 bits per heavy atom. The van der Waals surface area contributed by atoms with Gasteiger partial charge in [0, 0.05) is 45.8 Å². The number of carbonyl (C=O) groups is 1. The molecule has 0 spiro atoms. The number of rotatable bonds is 6. The number of hydrogen-bond donors (Lipinski definition) is 1. The number of carbonyl (C=O) groups excluding carboxylic acids is 1. The first-order valence-electron chi connectivity index (χ1n) is 8.50. The van der Waals surface area contributed by atoms with E-state index in [1.165, 1.54) is 4.31 Å². The van der Waals surface area contributed by atoms with Gasteiger partial charge in [-0.1, -0.05) is 17.7 Å². The zero-order chi connectivity index (χ0) is 18.6. The van der Waals surface area contributed by atoms with E-state index in [4.69, 9.17) is 5.73 Å². The molecule has 1 saturated heterocycles. The average molecular weight is 369 g/mol. The smallest absolute Gasteiger partial charge is 0.243 e. The van der Waals surface area contributed by atoms with E-state index in [9.17, 15) is 13.2 Å². The van der Waals surface area contributed by atoms with Crippen LogP contribution in [0.1, 0.15) is 12.5 Å². The molecule has 0 aliphatic carbocycles. The lowest BCUT2D eigenvalue weighted by molar-refractivity contribution is -0.133. The van der Waals surface area contributed by atoms with Crippen LogP contribution in [0.2, 0.25) is 0 Å². The van der Waals surface area contributed by atoms with Crippen molar-refractivity contribution < 1.29 is 13.2 Å². The van der Waals surface area contributed by atoms with Crippen molar-refractivity contribution in [2.24, 2.45) is 5.73 Å². The van der Waals surface area contributed by atoms with Gasteiger partial charge < -0.3 is 10.6 Å². The third-order valence-corrected chi connectivity index (χ3v) is 6.66. The van der Waals surface area contributed by atoms with Gasteiger partial charge in [-0.3, -0.25) is 9.69 Å². The predicted molar refractivity (Wildman–Crippen MR) is 97.7 cm³/mol. The zero-order valence-electron chi connectivity index (χ0n) is 15.2. The minimum Gasteiger partial charge on any atom is -0.341 e. The van der Waals surface area contributed by atoms with E-state index in [2.05, 4.69) is 0 Å². The summed E-state index contributed by atoms with van der Waals surface area (Å²) in [5.41, 5.74) is 6.62. The van der Waals surface area contributed by atoms with Gasteiger partial charge in [0.1, 0.15) is 0 Å². The van der Waals surface area contributed by atoms with Crippen LogP contribution in [0.5, 0.6) is 0 Å². The summed E-state index contributed by atoms with van der Waals surface area (Å²) >= 11 is 0. The van der Waals surface area contributed by atoms with Gasteiger partial charge in [0.05, 0.1) is 11.4 Å². The Kier molecular flexibility index (Phi) is 6.56. The lowest BCUT2D eigenvalue weighted by Crippen LogP contribution is -2.52. The highest BCUT2D eigenvalue weighted by molar-refractivity contribution is 7.89. The van der Waals surface area contributed by atoms with Gasteiger partial charge in [-0.05, 0) is 26.0 Å². The number of sulfonamides is 1. The lowest BCUT2D eigenvalue weighted by atomic mass is 10.2. The van der Waals surface area contributed by atoms with Crippen LogP contribution < -0.4 is 5.73 Å². The molecular formula is C17H28N4O3S. The lowest BCUT2D eigenvalue weighted by Gasteiger charge is -2.35. The highest BCUT2D eigenvalue weighted by atomic mass is 32.2. The van der Waals surface area contributed by atoms with Gasteiger partial charge in [-0.2, -0.15) is 4.31 Å². The summed E-state index contributed by atoms with van der Waals surface area (Å²) < 4.78 is 26.9. The molecule has 0 aromatic heterocycles. The molecule has 7 nitrogen and oxygen atoms in total. The largest absolute Gasteiger partial charge is 0.341 e. The maximum Gasteiger partial charge on any atom is 0.243 e. The second-order valence-corrected chi connectivity index (χ2v) is 8.52. The minimum absolute atomic E-state index is 0.00398. The molecule has 1 aromatic carbocycles. The summed E-state index contributed by atoms with van der Waals surface area (Å²) in [5.74, 6) is 0.00721. The van der Waals surface area contributed by atoms with Crippen molar-refractivity contribution in [2.75, 3.05) is 46.3 Å². The van der Waals surface area contributed by atoms with Crippen LogP contribution in [-0.2, 0) is 14.8 Å². The first-order valence-corrected chi connectivity index (χ1v) is 9.94. The maximum atomic E-state index is 12.7. The monoisotopic (exact) mass is 368 g/mol. The molecule has 1 atom stereocenters. The van der Waals surface area contributed by atoms with Gasteiger partial charge in [-0.25, -0.2) is 8.42 Å². The highest BCUT2D eigenvalue weighted by Crippen LogP contribution is 2.18. The van der Waals surface area contributed by atoms with Crippen molar-refractivity contribution in [3.05, 3.63) is 29.8 Å². The molecule has 0 bridgehead atoms. The normalized spacial score (nSPS) is 18.1. The van der Waals surface area contributed by atoms with Crippen LogP contribution in [0.15, 0.2) is 29.2 Å². The molecule has 0 saturated carbocycles. The quantitative estimate of drug-likeness (QED) is 0.770. The Morgan fingerprint density at radius 1 is 1.20 bits per heavy atom. The zero-order valence-corrected chi connectivity index (χ0v) is 16.0. The number of piperazine rings is 1. The number of hydrogen-bond acceptors (Lipinski definition) is 5. The van der Waals surface area contributed by atoms with E-state index in [1.807, 2.05) is 18.7 Å². The Hall–Kier alpha value is -1.48. The molecule has 1 aliphatic rings. The summed E-state index contributed by atoms with van der Waals surface area (Å²) in [4.78, 5) is 16.2. The van der Waals surface area contributed by atoms with Crippen LogP contribution >= 0.6 is 0 Å². The van der Waals surface area contributed by atoms with Gasteiger partial charge >= 0.3 is 0 Å². The Labute approximate surface area is 150 Å². The van der Waals surface area contributed by atoms with Crippen LogP contribution in [0.25, 0.3) is 0 Å². The SMILES string of the molecule is Cc1ccc(S(=O)(=O)N2CCN(CC(=O)N(C)C(C)CN)CC2)cc1. The summed E-state index contributed by atoms with van der Waals surface area (Å²) in [6.07, 6.45) is 0. The average Bonchev–Trinajstić information content (AvgIpc) is 2.61. The fraction of sp³-hybridized carbons (Fsp3) is 0.588. The molecule has 1 aliphatic heterocycles. The number of likely N-dealkylation sites (N-methyl/N-ethyl adjacent to an activating group) is 1. The molecule has 1 aromatic rings. The van der Waals surface area contributed by atoms with Crippen molar-refractivity contribution in [2.45, 2.75) is 24.8 Å². The Morgan fingerprint density at radius 3 is 2.28 bits per heavy atom. The van der Waals surface area contributed by atoms with Crippen LogP contribution in [-0.4, -0.2) is 80.8 Å². The van der Waals surface area contributed by atoms with Gasteiger partial charge in [0.15, 0.2) is 0 Å². The number of aryl methyl sites for hydroxylation is 1. The van der Waals surface area contributed by atoms with E-state index in [1.54, 1.807) is 36.2 Å². The van der Waals surface area contributed by atoms with Crippen molar-refractivity contribution in [3.63, 3.8) is 0 Å². The van der Waals surface area contributed by atoms with E-state index in [-0.39, 0.29) is 11.9 Å². The topological polar surface area (TPSA) is 87.0 Å². The second-order valence-electron chi connectivity index (χ2n) is 6.58. The summed E-state index contributed by atoms with van der Waals surface area (Å²) in [7, 11) is -1.72. The summed E-state index contributed by atoms with van der Waals surface area (Å²) in [6.45, 7) is 6.41. The fourth-order valence-corrected chi connectivity index (χ4v) is 4.12. The summed E-state index contributed by atoms with van der Waals surface area (Å²) in [6, 6.07) is 6.88. The van der Waals surface area contributed by atoms with E-state index in [0.717, 1.165) is 5.56 Å². The number of nitrogens with two attached hydrogens (primary N) is 1. The van der Waals surface area contributed by atoms with Crippen LogP contribution in [0.4, 0.5) is 0 Å². The third-order valence-electron chi connectivity index (χ3n) is 4.74. The number of amides is 1. The first kappa shape index (κ1) is 19.8. The predicted octanol–water partition coefficient (Wildman–Crippen LogP) is 0.107. The van der Waals surface area contributed by atoms with Crippen LogP contribution in [0, 0.1) is 6.92 Å². The van der Waals surface area contributed by atoms with Gasteiger partial charge in [-0.15, -0.1) is 0 Å². The molecule has 25 heavy (non-hydrogen) atoms. The third kappa shape index (κ3) is 4.78. The van der Waals surface area contributed by atoms with Crippen molar-refractivity contribution >= 4 is 15.9 Å². The Balaban J connectivity index is 1.93. The van der Waals surface area contributed by atoms with E-state index >= 15 is 0 Å². The van der Waals surface area contributed by atoms with Gasteiger partial charge in [0.2, 0.25) is 15.9 Å².